The maximum Gasteiger partial charge on any atom is 0.328 e. The standard InChI is InChI=1S/C19H23N5O3/c1-4-27-11-10-23-14(13-8-6-5-7-9-13)12-24-15-16(20-18(23)24)21(2)19(26)22(3)17(15)25/h5-9,12,15-16H,4,10-11H2,1-3H3. The number of fused-ring (bicyclic) bond motifs is 3. The summed E-state index contributed by atoms with van der Waals surface area (Å²) in [5.41, 5.74) is 2.02. The Balaban J connectivity index is 1.71. The van der Waals surface area contributed by atoms with Gasteiger partial charge in [0.2, 0.25) is 5.96 Å². The van der Waals surface area contributed by atoms with Gasteiger partial charge in [0.05, 0.1) is 12.3 Å². The molecule has 0 bridgehead atoms. The van der Waals surface area contributed by atoms with E-state index in [1.807, 2.05) is 48.4 Å². The van der Waals surface area contributed by atoms with Gasteiger partial charge in [-0.05, 0) is 12.5 Å². The van der Waals surface area contributed by atoms with Gasteiger partial charge in [-0.3, -0.25) is 9.69 Å². The normalized spacial score (nSPS) is 24.3. The fourth-order valence-electron chi connectivity index (χ4n) is 3.73. The third-order valence-electron chi connectivity index (χ3n) is 5.16. The first-order chi connectivity index (χ1) is 13.0. The molecule has 0 radical (unpaired) electrons. The third kappa shape index (κ3) is 2.68. The van der Waals surface area contributed by atoms with Crippen molar-refractivity contribution in [3.05, 3.63) is 42.1 Å². The van der Waals surface area contributed by atoms with Crippen molar-refractivity contribution in [2.75, 3.05) is 33.9 Å². The number of urea groups is 1. The lowest BCUT2D eigenvalue weighted by molar-refractivity contribution is -0.135. The third-order valence-corrected chi connectivity index (χ3v) is 5.16. The maximum atomic E-state index is 12.8. The summed E-state index contributed by atoms with van der Waals surface area (Å²) >= 11 is 0. The second-order valence-electron chi connectivity index (χ2n) is 6.71. The van der Waals surface area contributed by atoms with E-state index in [9.17, 15) is 9.59 Å². The van der Waals surface area contributed by atoms with Crippen molar-refractivity contribution in [2.45, 2.75) is 19.1 Å². The lowest BCUT2D eigenvalue weighted by Gasteiger charge is -2.38. The van der Waals surface area contributed by atoms with Gasteiger partial charge in [-0.2, -0.15) is 0 Å². The SMILES string of the molecule is CCOCCN1C(c2ccccc2)=CN2C1=NC1C2C(=O)N(C)C(=O)N1C. The molecule has 3 aliphatic heterocycles. The van der Waals surface area contributed by atoms with Gasteiger partial charge in [-0.15, -0.1) is 0 Å². The Bertz CT molecular complexity index is 822. The van der Waals surface area contributed by atoms with Crippen molar-refractivity contribution in [1.29, 1.82) is 0 Å². The number of nitrogens with zero attached hydrogens (tertiary/aromatic N) is 5. The van der Waals surface area contributed by atoms with Crippen molar-refractivity contribution in [3.63, 3.8) is 0 Å². The Morgan fingerprint density at radius 2 is 1.89 bits per heavy atom. The lowest BCUT2D eigenvalue weighted by Crippen LogP contribution is -2.63. The van der Waals surface area contributed by atoms with E-state index < -0.39 is 12.2 Å². The zero-order valence-electron chi connectivity index (χ0n) is 15.7. The molecule has 2 unspecified atom stereocenters. The van der Waals surface area contributed by atoms with Crippen LogP contribution in [-0.4, -0.2) is 83.6 Å². The molecular weight excluding hydrogens is 346 g/mol. The fraction of sp³-hybridized carbons (Fsp3) is 0.421. The molecule has 2 atom stereocenters. The monoisotopic (exact) mass is 369 g/mol. The summed E-state index contributed by atoms with van der Waals surface area (Å²) in [6.07, 6.45) is 1.44. The van der Waals surface area contributed by atoms with Crippen LogP contribution in [0.1, 0.15) is 12.5 Å². The van der Waals surface area contributed by atoms with Gasteiger partial charge in [-0.1, -0.05) is 30.3 Å². The van der Waals surface area contributed by atoms with Gasteiger partial charge in [-0.25, -0.2) is 9.79 Å². The highest BCUT2D eigenvalue weighted by molar-refractivity contribution is 6.06. The zero-order chi connectivity index (χ0) is 19.1. The molecule has 0 aliphatic carbocycles. The molecule has 1 fully saturated rings. The number of guanidine groups is 1. The van der Waals surface area contributed by atoms with Crippen molar-refractivity contribution < 1.29 is 14.3 Å². The Labute approximate surface area is 158 Å². The highest BCUT2D eigenvalue weighted by Crippen LogP contribution is 2.36. The lowest BCUT2D eigenvalue weighted by atomic mass is 10.1. The number of carbonyl (C=O) groups excluding carboxylic acids is 2. The van der Waals surface area contributed by atoms with Gasteiger partial charge in [0, 0.05) is 33.4 Å². The van der Waals surface area contributed by atoms with Gasteiger partial charge in [0.1, 0.15) is 0 Å². The summed E-state index contributed by atoms with van der Waals surface area (Å²) in [5, 5.41) is 0. The number of hydrogen-bond acceptors (Lipinski definition) is 6. The average Bonchev–Trinajstić information content (AvgIpc) is 3.22. The molecule has 27 heavy (non-hydrogen) atoms. The molecule has 0 spiro atoms. The number of benzene rings is 1. The van der Waals surface area contributed by atoms with Crippen molar-refractivity contribution in [2.24, 2.45) is 4.99 Å². The Morgan fingerprint density at radius 3 is 2.59 bits per heavy atom. The molecule has 1 aromatic carbocycles. The van der Waals surface area contributed by atoms with Crippen molar-refractivity contribution in [3.8, 4) is 0 Å². The zero-order valence-corrected chi connectivity index (χ0v) is 15.7. The quantitative estimate of drug-likeness (QED) is 0.730. The predicted molar refractivity (Wildman–Crippen MR) is 100 cm³/mol. The molecule has 3 amide bonds. The maximum absolute atomic E-state index is 12.8. The van der Waals surface area contributed by atoms with Crippen LogP contribution >= 0.6 is 0 Å². The molecule has 1 aromatic rings. The smallest absolute Gasteiger partial charge is 0.328 e. The van der Waals surface area contributed by atoms with Crippen LogP contribution < -0.4 is 0 Å². The van der Waals surface area contributed by atoms with E-state index >= 15 is 0 Å². The number of carbonyl (C=O) groups is 2. The minimum absolute atomic E-state index is 0.239. The summed E-state index contributed by atoms with van der Waals surface area (Å²) in [5.74, 6) is 0.448. The molecule has 0 saturated carbocycles. The Morgan fingerprint density at radius 1 is 1.15 bits per heavy atom. The first kappa shape index (κ1) is 17.5. The molecule has 0 aromatic heterocycles. The Hall–Kier alpha value is -2.87. The molecule has 8 nitrogen and oxygen atoms in total. The predicted octanol–water partition coefficient (Wildman–Crippen LogP) is 1.23. The first-order valence-electron chi connectivity index (χ1n) is 9.07. The van der Waals surface area contributed by atoms with E-state index in [0.717, 1.165) is 11.3 Å². The molecule has 1 saturated heterocycles. The van der Waals surface area contributed by atoms with Gasteiger partial charge in [0.15, 0.2) is 12.2 Å². The van der Waals surface area contributed by atoms with Gasteiger partial charge >= 0.3 is 6.03 Å². The number of aliphatic imine (C=N–C) groups is 1. The van der Waals surface area contributed by atoms with Crippen LogP contribution in [0.25, 0.3) is 5.70 Å². The number of likely N-dealkylation sites (N-methyl/N-ethyl adjacent to an activating group) is 2. The molecule has 4 rings (SSSR count). The summed E-state index contributed by atoms with van der Waals surface area (Å²) < 4.78 is 5.54. The van der Waals surface area contributed by atoms with E-state index in [1.165, 1.54) is 16.8 Å². The number of ether oxygens (including phenoxy) is 1. The minimum atomic E-state index is -0.538. The van der Waals surface area contributed by atoms with E-state index in [1.54, 1.807) is 7.05 Å². The molecule has 0 N–H and O–H groups in total. The van der Waals surface area contributed by atoms with E-state index in [2.05, 4.69) is 4.90 Å². The Kier molecular flexibility index (Phi) is 4.35. The molecule has 8 heteroatoms. The van der Waals surface area contributed by atoms with Crippen LogP contribution in [0.15, 0.2) is 41.5 Å². The molecule has 142 valence electrons. The molecule has 3 heterocycles. The number of rotatable bonds is 5. The van der Waals surface area contributed by atoms with Crippen molar-refractivity contribution in [1.82, 2.24) is 19.6 Å². The van der Waals surface area contributed by atoms with E-state index in [4.69, 9.17) is 9.73 Å². The van der Waals surface area contributed by atoms with E-state index in [0.29, 0.717) is 25.7 Å². The van der Waals surface area contributed by atoms with Crippen LogP contribution in [0, 0.1) is 0 Å². The summed E-state index contributed by atoms with van der Waals surface area (Å²) in [6, 6.07) is 9.13. The van der Waals surface area contributed by atoms with Gasteiger partial charge in [0.25, 0.3) is 5.91 Å². The van der Waals surface area contributed by atoms with Crippen LogP contribution in [0.4, 0.5) is 4.79 Å². The second kappa shape index (κ2) is 6.70. The highest BCUT2D eigenvalue weighted by Gasteiger charge is 2.53. The highest BCUT2D eigenvalue weighted by atomic mass is 16.5. The summed E-state index contributed by atoms with van der Waals surface area (Å²) in [4.78, 5) is 36.5. The second-order valence-corrected chi connectivity index (χ2v) is 6.71. The molecular formula is C19H23N5O3. The summed E-state index contributed by atoms with van der Waals surface area (Å²) in [7, 11) is 3.20. The van der Waals surface area contributed by atoms with Crippen LogP contribution in [-0.2, 0) is 9.53 Å². The number of amides is 3. The number of imide groups is 1. The van der Waals surface area contributed by atoms with E-state index in [-0.39, 0.29) is 11.9 Å². The van der Waals surface area contributed by atoms with Crippen LogP contribution in [0.3, 0.4) is 0 Å². The van der Waals surface area contributed by atoms with Crippen molar-refractivity contribution >= 4 is 23.6 Å². The first-order valence-corrected chi connectivity index (χ1v) is 9.07. The van der Waals surface area contributed by atoms with Crippen LogP contribution in [0.2, 0.25) is 0 Å². The van der Waals surface area contributed by atoms with Crippen LogP contribution in [0.5, 0.6) is 0 Å². The minimum Gasteiger partial charge on any atom is -0.380 e. The average molecular weight is 369 g/mol. The number of hydrogen-bond donors (Lipinski definition) is 0. The largest absolute Gasteiger partial charge is 0.380 e. The fourth-order valence-corrected chi connectivity index (χ4v) is 3.73. The van der Waals surface area contributed by atoms with Gasteiger partial charge < -0.3 is 19.4 Å². The topological polar surface area (TPSA) is 68.7 Å². The summed E-state index contributed by atoms with van der Waals surface area (Å²) in [6.45, 7) is 3.76. The molecule has 3 aliphatic rings.